The van der Waals surface area contributed by atoms with E-state index in [1.54, 1.807) is 0 Å². The third kappa shape index (κ3) is 0.779. The van der Waals surface area contributed by atoms with E-state index in [4.69, 9.17) is 0 Å². The van der Waals surface area contributed by atoms with Crippen molar-refractivity contribution >= 4 is 0 Å². The molecule has 2 aliphatic heterocycles. The number of nitrogens with zero attached hydrogens (tertiary/aromatic N) is 4. The summed E-state index contributed by atoms with van der Waals surface area (Å²) in [6.07, 6.45) is 0. The molecule has 0 aromatic rings. The molecular weight excluding hydrogens is 166 g/mol. The first-order valence-electron chi connectivity index (χ1n) is 2.86. The number of hydrogen-bond acceptors (Lipinski definition) is 7. The summed E-state index contributed by atoms with van der Waals surface area (Å²) in [5.41, 5.74) is -2.20. The molecule has 0 radical (unpaired) electrons. The lowest BCUT2D eigenvalue weighted by atomic mass is 10.4. The van der Waals surface area contributed by atoms with Crippen molar-refractivity contribution in [3.05, 3.63) is 20.6 Å². The van der Waals surface area contributed by atoms with Gasteiger partial charge in [0.15, 0.2) is 5.69 Å². The lowest BCUT2D eigenvalue weighted by Gasteiger charge is -1.73. The molecule has 0 bridgehead atoms. The van der Waals surface area contributed by atoms with Gasteiger partial charge in [0, 0.05) is 0 Å². The zero-order chi connectivity index (χ0) is 8.55. The minimum atomic E-state index is -1.08. The van der Waals surface area contributed by atoms with Crippen LogP contribution >= 0.6 is 0 Å². The molecule has 12 heavy (non-hydrogen) atoms. The molecule has 0 saturated carbocycles. The molecule has 2 aliphatic rings. The summed E-state index contributed by atoms with van der Waals surface area (Å²) in [7, 11) is 0. The van der Waals surface area contributed by atoms with Crippen LogP contribution in [0.2, 0.25) is 0 Å². The molecule has 60 valence electrons. The van der Waals surface area contributed by atoms with Crippen molar-refractivity contribution in [2.24, 2.45) is 0 Å². The van der Waals surface area contributed by atoms with E-state index in [1.165, 1.54) is 0 Å². The molecule has 0 fully saturated rings. The molecule has 8 heteroatoms. The number of aromatic amines is 1. The summed E-state index contributed by atoms with van der Waals surface area (Å²) in [6.45, 7) is 0. The van der Waals surface area contributed by atoms with Crippen LogP contribution in [0.25, 0.3) is 11.5 Å². The fourth-order valence-corrected chi connectivity index (χ4v) is 0.674. The van der Waals surface area contributed by atoms with Gasteiger partial charge in [-0.1, -0.05) is 0 Å². The maximum absolute atomic E-state index is 11.0. The molecule has 0 unspecified atom stereocenters. The molecule has 2 rings (SSSR count). The van der Waals surface area contributed by atoms with Crippen molar-refractivity contribution in [2.75, 3.05) is 0 Å². The summed E-state index contributed by atoms with van der Waals surface area (Å²) in [5.74, 6) is -0.0501. The average Bonchev–Trinajstić information content (AvgIpc) is 2.46. The lowest BCUT2D eigenvalue weighted by molar-refractivity contribution is 0.341. The lowest BCUT2D eigenvalue weighted by Crippen LogP contribution is -2.21. The highest BCUT2D eigenvalue weighted by Gasteiger charge is 2.14. The Kier molecular flexibility index (Phi) is 1.20. The van der Waals surface area contributed by atoms with Gasteiger partial charge in [-0.15, -0.1) is 20.6 Å². The summed E-state index contributed by atoms with van der Waals surface area (Å²) in [6, 6.07) is 0. The summed E-state index contributed by atoms with van der Waals surface area (Å²) >= 11 is 0. The highest BCUT2D eigenvalue weighted by Crippen LogP contribution is 1.99. The SMILES string of the molecule is O=c1o[nH]nc2nnnc-2c1=O. The van der Waals surface area contributed by atoms with Crippen molar-refractivity contribution in [3.63, 3.8) is 0 Å². The van der Waals surface area contributed by atoms with Crippen molar-refractivity contribution < 1.29 is 4.52 Å². The van der Waals surface area contributed by atoms with E-state index < -0.39 is 11.1 Å². The zero-order valence-corrected chi connectivity index (χ0v) is 5.51. The first kappa shape index (κ1) is 6.58. The Hall–Kier alpha value is -2.12. The van der Waals surface area contributed by atoms with Crippen LogP contribution in [0, 0.1) is 0 Å². The van der Waals surface area contributed by atoms with E-state index in [1.807, 2.05) is 5.27 Å². The van der Waals surface area contributed by atoms with Crippen LogP contribution in [0.4, 0.5) is 0 Å². The van der Waals surface area contributed by atoms with E-state index in [2.05, 4.69) is 25.0 Å². The zero-order valence-electron chi connectivity index (χ0n) is 5.51. The maximum Gasteiger partial charge on any atom is 0.407 e. The number of aromatic nitrogens is 5. The molecule has 8 nitrogen and oxygen atoms in total. The summed E-state index contributed by atoms with van der Waals surface area (Å²) in [4.78, 5) is 21.7. The predicted octanol–water partition coefficient (Wildman–Crippen LogP) is -1.99. The molecule has 0 spiro atoms. The quantitative estimate of drug-likeness (QED) is 0.451. The minimum absolute atomic E-state index is 0.0501. The highest BCUT2D eigenvalue weighted by atomic mass is 16.5. The average molecular weight is 167 g/mol. The van der Waals surface area contributed by atoms with Crippen LogP contribution in [0.15, 0.2) is 14.1 Å². The first-order valence-corrected chi connectivity index (χ1v) is 2.86. The third-order valence-corrected chi connectivity index (χ3v) is 1.19. The van der Waals surface area contributed by atoms with Gasteiger partial charge >= 0.3 is 5.63 Å². The Morgan fingerprint density at radius 1 is 1.25 bits per heavy atom. The molecule has 2 heterocycles. The third-order valence-electron chi connectivity index (χ3n) is 1.19. The van der Waals surface area contributed by atoms with Crippen LogP contribution in [-0.4, -0.2) is 25.8 Å². The number of fused-ring (bicyclic) bond motifs is 1. The molecule has 1 N–H and O–H groups in total. The van der Waals surface area contributed by atoms with E-state index in [0.29, 0.717) is 0 Å². The van der Waals surface area contributed by atoms with Crippen LogP contribution in [-0.2, 0) is 0 Å². The standard InChI is InChI=1S/C4HN5O3/c10-2-1-3(6-8-5-1)7-9-12-4(2)11/h9H. The Labute approximate surface area is 63.6 Å². The molecule has 0 saturated heterocycles. The Morgan fingerprint density at radius 3 is 2.92 bits per heavy atom. The molecule has 0 amide bonds. The summed E-state index contributed by atoms with van der Waals surface area (Å²) < 4.78 is 4.14. The van der Waals surface area contributed by atoms with Gasteiger partial charge in [0.2, 0.25) is 5.82 Å². The highest BCUT2D eigenvalue weighted by molar-refractivity contribution is 5.45. The monoisotopic (exact) mass is 167 g/mol. The van der Waals surface area contributed by atoms with Crippen LogP contribution in [0.3, 0.4) is 0 Å². The van der Waals surface area contributed by atoms with Crippen molar-refractivity contribution in [2.45, 2.75) is 0 Å². The van der Waals surface area contributed by atoms with Crippen molar-refractivity contribution in [1.29, 1.82) is 0 Å². The van der Waals surface area contributed by atoms with Gasteiger partial charge in [0.25, 0.3) is 5.43 Å². The second-order valence-corrected chi connectivity index (χ2v) is 1.88. The maximum atomic E-state index is 11.0. The molecule has 0 aromatic carbocycles. The van der Waals surface area contributed by atoms with Gasteiger partial charge in [-0.25, -0.2) is 4.79 Å². The smallest absolute Gasteiger partial charge is 0.317 e. The minimum Gasteiger partial charge on any atom is -0.317 e. The van der Waals surface area contributed by atoms with Crippen molar-refractivity contribution in [3.8, 4) is 11.5 Å². The molecule has 0 atom stereocenters. The van der Waals surface area contributed by atoms with Crippen LogP contribution < -0.4 is 11.1 Å². The fraction of sp³-hybridized carbons (Fsp3) is 0. The van der Waals surface area contributed by atoms with E-state index in [0.717, 1.165) is 0 Å². The number of nitrogens with one attached hydrogen (secondary N) is 1. The van der Waals surface area contributed by atoms with Gasteiger partial charge < -0.3 is 4.52 Å². The van der Waals surface area contributed by atoms with Crippen LogP contribution in [0.1, 0.15) is 0 Å². The van der Waals surface area contributed by atoms with Gasteiger partial charge in [-0.05, 0) is 5.21 Å². The van der Waals surface area contributed by atoms with Gasteiger partial charge in [0.05, 0.1) is 0 Å². The van der Waals surface area contributed by atoms with E-state index >= 15 is 0 Å². The number of H-pyrrole nitrogens is 1. The molecule has 0 aromatic heterocycles. The van der Waals surface area contributed by atoms with Gasteiger partial charge in [-0.3, -0.25) is 4.79 Å². The largest absolute Gasteiger partial charge is 0.407 e. The van der Waals surface area contributed by atoms with Crippen molar-refractivity contribution in [1.82, 2.24) is 25.8 Å². The topological polar surface area (TPSA) is 115 Å². The number of hydrogen-bond donors (Lipinski definition) is 1. The van der Waals surface area contributed by atoms with Crippen LogP contribution in [0.5, 0.6) is 0 Å². The van der Waals surface area contributed by atoms with E-state index in [9.17, 15) is 9.59 Å². The van der Waals surface area contributed by atoms with Gasteiger partial charge in [-0.2, -0.15) is 0 Å². The fourth-order valence-electron chi connectivity index (χ4n) is 0.674. The molecule has 0 aliphatic carbocycles. The number of rotatable bonds is 0. The molecular formula is C4HN5O3. The Bertz CT molecular complexity index is 487. The second-order valence-electron chi connectivity index (χ2n) is 1.88. The Balaban J connectivity index is 3.01. The van der Waals surface area contributed by atoms with E-state index in [-0.39, 0.29) is 11.5 Å². The van der Waals surface area contributed by atoms with Gasteiger partial charge in [0.1, 0.15) is 0 Å². The second kappa shape index (κ2) is 2.19. The Morgan fingerprint density at radius 2 is 2.08 bits per heavy atom. The normalized spacial score (nSPS) is 10.3. The summed E-state index contributed by atoms with van der Waals surface area (Å²) in [5, 5.41) is 15.1. The first-order chi connectivity index (χ1) is 5.79. The predicted molar refractivity (Wildman–Crippen MR) is 33.4 cm³/mol.